The zero-order valence-electron chi connectivity index (χ0n) is 12.8. The summed E-state index contributed by atoms with van der Waals surface area (Å²) >= 11 is 1.66. The first-order valence-electron chi connectivity index (χ1n) is 6.71. The monoisotopic (exact) mass is 290 g/mol. The van der Waals surface area contributed by atoms with Gasteiger partial charge in [0.15, 0.2) is 5.16 Å². The first-order valence-corrected chi connectivity index (χ1v) is 7.53. The second-order valence-corrected chi connectivity index (χ2v) is 7.05. The fourth-order valence-electron chi connectivity index (χ4n) is 1.77. The SMILES string of the molecule is Cc1ccc(Sc2nncn2C)c(CNC(C)(C)C)c1. The number of aryl methyl sites for hydroxylation is 2. The molecule has 1 aromatic heterocycles. The van der Waals surface area contributed by atoms with Crippen molar-refractivity contribution >= 4 is 11.8 Å². The van der Waals surface area contributed by atoms with Crippen LogP contribution in [-0.4, -0.2) is 20.3 Å². The van der Waals surface area contributed by atoms with Crippen molar-refractivity contribution in [3.8, 4) is 0 Å². The van der Waals surface area contributed by atoms with Crippen LogP contribution in [0.3, 0.4) is 0 Å². The van der Waals surface area contributed by atoms with Crippen LogP contribution in [0.4, 0.5) is 0 Å². The molecule has 0 atom stereocenters. The molecule has 0 saturated heterocycles. The van der Waals surface area contributed by atoms with E-state index < -0.39 is 0 Å². The summed E-state index contributed by atoms with van der Waals surface area (Å²) in [6, 6.07) is 6.53. The lowest BCUT2D eigenvalue weighted by Gasteiger charge is -2.21. The first kappa shape index (κ1) is 15.1. The Morgan fingerprint density at radius 1 is 1.30 bits per heavy atom. The summed E-state index contributed by atoms with van der Waals surface area (Å²) in [5, 5.41) is 12.5. The fourth-order valence-corrected chi connectivity index (χ4v) is 2.64. The quantitative estimate of drug-likeness (QED) is 0.939. The van der Waals surface area contributed by atoms with Gasteiger partial charge in [0.1, 0.15) is 6.33 Å². The molecule has 1 aromatic carbocycles. The van der Waals surface area contributed by atoms with Gasteiger partial charge in [-0.1, -0.05) is 17.7 Å². The number of aromatic nitrogens is 3. The maximum absolute atomic E-state index is 4.14. The van der Waals surface area contributed by atoms with Crippen LogP contribution in [0.2, 0.25) is 0 Å². The van der Waals surface area contributed by atoms with Crippen molar-refractivity contribution in [1.82, 2.24) is 20.1 Å². The molecule has 0 radical (unpaired) electrons. The molecule has 1 heterocycles. The van der Waals surface area contributed by atoms with Crippen LogP contribution < -0.4 is 5.32 Å². The Labute approximate surface area is 125 Å². The third-order valence-corrected chi connectivity index (χ3v) is 4.07. The van der Waals surface area contributed by atoms with E-state index in [2.05, 4.69) is 61.4 Å². The average Bonchev–Trinajstić information content (AvgIpc) is 2.74. The van der Waals surface area contributed by atoms with Crippen molar-refractivity contribution in [1.29, 1.82) is 0 Å². The van der Waals surface area contributed by atoms with Crippen molar-refractivity contribution in [2.24, 2.45) is 7.05 Å². The molecule has 0 amide bonds. The highest BCUT2D eigenvalue weighted by molar-refractivity contribution is 7.99. The molecule has 0 fully saturated rings. The molecule has 0 bridgehead atoms. The van der Waals surface area contributed by atoms with Gasteiger partial charge >= 0.3 is 0 Å². The minimum absolute atomic E-state index is 0.108. The predicted octanol–water partition coefficient (Wildman–Crippen LogP) is 3.16. The van der Waals surface area contributed by atoms with Gasteiger partial charge in [-0.2, -0.15) is 0 Å². The van der Waals surface area contributed by atoms with Gasteiger partial charge in [0.2, 0.25) is 0 Å². The molecule has 20 heavy (non-hydrogen) atoms. The Bertz CT molecular complexity index is 584. The maximum Gasteiger partial charge on any atom is 0.195 e. The summed E-state index contributed by atoms with van der Waals surface area (Å²) in [4.78, 5) is 1.23. The lowest BCUT2D eigenvalue weighted by atomic mass is 10.1. The zero-order chi connectivity index (χ0) is 14.8. The summed E-state index contributed by atoms with van der Waals surface area (Å²) in [5.41, 5.74) is 2.68. The van der Waals surface area contributed by atoms with Crippen LogP contribution in [0, 0.1) is 6.92 Å². The van der Waals surface area contributed by atoms with Gasteiger partial charge in [-0.25, -0.2) is 0 Å². The molecule has 108 valence electrons. The number of hydrogen-bond acceptors (Lipinski definition) is 4. The molecule has 1 N–H and O–H groups in total. The summed E-state index contributed by atoms with van der Waals surface area (Å²) in [5.74, 6) is 0. The Balaban J connectivity index is 2.21. The molecular weight excluding hydrogens is 268 g/mol. The van der Waals surface area contributed by atoms with Gasteiger partial charge in [-0.3, -0.25) is 0 Å². The Morgan fingerprint density at radius 2 is 2.05 bits per heavy atom. The van der Waals surface area contributed by atoms with Crippen molar-refractivity contribution in [3.05, 3.63) is 35.7 Å². The third kappa shape index (κ3) is 4.08. The van der Waals surface area contributed by atoms with E-state index in [9.17, 15) is 0 Å². The number of nitrogens with zero attached hydrogens (tertiary/aromatic N) is 3. The van der Waals surface area contributed by atoms with E-state index in [1.54, 1.807) is 18.1 Å². The van der Waals surface area contributed by atoms with Gasteiger partial charge in [-0.15, -0.1) is 10.2 Å². The lowest BCUT2D eigenvalue weighted by Crippen LogP contribution is -2.35. The van der Waals surface area contributed by atoms with Crippen molar-refractivity contribution < 1.29 is 0 Å². The van der Waals surface area contributed by atoms with Crippen LogP contribution >= 0.6 is 11.8 Å². The van der Waals surface area contributed by atoms with E-state index in [1.807, 2.05) is 11.6 Å². The number of hydrogen-bond donors (Lipinski definition) is 1. The number of nitrogens with one attached hydrogen (secondary N) is 1. The van der Waals surface area contributed by atoms with Crippen LogP contribution in [-0.2, 0) is 13.6 Å². The maximum atomic E-state index is 4.14. The molecule has 0 saturated carbocycles. The highest BCUT2D eigenvalue weighted by Gasteiger charge is 2.12. The van der Waals surface area contributed by atoms with Gasteiger partial charge in [-0.05, 0) is 51.1 Å². The lowest BCUT2D eigenvalue weighted by molar-refractivity contribution is 0.422. The van der Waals surface area contributed by atoms with Gasteiger partial charge < -0.3 is 9.88 Å². The topological polar surface area (TPSA) is 42.7 Å². The van der Waals surface area contributed by atoms with E-state index in [-0.39, 0.29) is 5.54 Å². The summed E-state index contributed by atoms with van der Waals surface area (Å²) in [6.45, 7) is 9.51. The van der Waals surface area contributed by atoms with Gasteiger partial charge in [0, 0.05) is 24.0 Å². The minimum atomic E-state index is 0.108. The number of benzene rings is 1. The molecule has 0 unspecified atom stereocenters. The van der Waals surface area contributed by atoms with Crippen LogP contribution in [0.15, 0.2) is 34.6 Å². The van der Waals surface area contributed by atoms with Gasteiger partial charge in [0.05, 0.1) is 0 Å². The third-order valence-electron chi connectivity index (χ3n) is 2.90. The van der Waals surface area contributed by atoms with Crippen molar-refractivity contribution in [2.75, 3.05) is 0 Å². The molecule has 0 spiro atoms. The molecule has 0 aliphatic carbocycles. The standard InChI is InChI=1S/C15H22N4S/c1-11-6-7-13(20-14-18-17-10-19(14)5)12(8-11)9-16-15(2,3)4/h6-8,10,16H,9H2,1-5H3. The normalized spacial score (nSPS) is 11.8. The highest BCUT2D eigenvalue weighted by atomic mass is 32.2. The molecule has 2 aromatic rings. The Hall–Kier alpha value is -1.33. The Kier molecular flexibility index (Phi) is 4.50. The Morgan fingerprint density at radius 3 is 2.65 bits per heavy atom. The fraction of sp³-hybridized carbons (Fsp3) is 0.467. The van der Waals surface area contributed by atoms with E-state index in [1.165, 1.54) is 16.0 Å². The first-order chi connectivity index (χ1) is 9.35. The molecule has 0 aliphatic rings. The zero-order valence-corrected chi connectivity index (χ0v) is 13.6. The van der Waals surface area contributed by atoms with Crippen molar-refractivity contribution in [3.63, 3.8) is 0 Å². The molecule has 2 rings (SSSR count). The van der Waals surface area contributed by atoms with E-state index in [4.69, 9.17) is 0 Å². The molecular formula is C15H22N4S. The van der Waals surface area contributed by atoms with E-state index in [0.29, 0.717) is 0 Å². The van der Waals surface area contributed by atoms with E-state index in [0.717, 1.165) is 11.7 Å². The summed E-state index contributed by atoms with van der Waals surface area (Å²) < 4.78 is 1.94. The highest BCUT2D eigenvalue weighted by Crippen LogP contribution is 2.29. The largest absolute Gasteiger partial charge is 0.311 e. The van der Waals surface area contributed by atoms with Crippen LogP contribution in [0.25, 0.3) is 0 Å². The van der Waals surface area contributed by atoms with Crippen LogP contribution in [0.5, 0.6) is 0 Å². The average molecular weight is 290 g/mol. The summed E-state index contributed by atoms with van der Waals surface area (Å²) in [6.07, 6.45) is 1.73. The van der Waals surface area contributed by atoms with Crippen molar-refractivity contribution in [2.45, 2.75) is 49.8 Å². The predicted molar refractivity (Wildman–Crippen MR) is 82.9 cm³/mol. The molecule has 0 aliphatic heterocycles. The smallest absolute Gasteiger partial charge is 0.195 e. The molecule has 4 nitrogen and oxygen atoms in total. The van der Waals surface area contributed by atoms with E-state index >= 15 is 0 Å². The van der Waals surface area contributed by atoms with Crippen LogP contribution in [0.1, 0.15) is 31.9 Å². The minimum Gasteiger partial charge on any atom is -0.311 e. The molecule has 5 heteroatoms. The second-order valence-electron chi connectivity index (χ2n) is 6.04. The number of rotatable bonds is 4. The van der Waals surface area contributed by atoms with Gasteiger partial charge in [0.25, 0.3) is 0 Å². The summed E-state index contributed by atoms with van der Waals surface area (Å²) in [7, 11) is 1.96. The second kappa shape index (κ2) is 5.97.